The SMILES string of the molecule is CNc1nccc(C(=O)N(C)CCC(C)C)c1F. The van der Waals surface area contributed by atoms with Crippen LogP contribution in [0.25, 0.3) is 0 Å². The molecule has 0 saturated carbocycles. The van der Waals surface area contributed by atoms with Crippen LogP contribution in [0.4, 0.5) is 10.2 Å². The van der Waals surface area contributed by atoms with Crippen molar-refractivity contribution in [2.45, 2.75) is 20.3 Å². The average Bonchev–Trinajstić information content (AvgIpc) is 2.35. The molecule has 0 unspecified atom stereocenters. The number of pyridine rings is 1. The molecule has 0 aliphatic carbocycles. The average molecular weight is 253 g/mol. The number of carbonyl (C=O) groups is 1. The summed E-state index contributed by atoms with van der Waals surface area (Å²) in [6.45, 7) is 4.79. The van der Waals surface area contributed by atoms with Gasteiger partial charge in [-0.1, -0.05) is 13.8 Å². The second-order valence-corrected chi connectivity index (χ2v) is 4.68. The second-order valence-electron chi connectivity index (χ2n) is 4.68. The molecule has 1 N–H and O–H groups in total. The molecule has 0 atom stereocenters. The van der Waals surface area contributed by atoms with Crippen LogP contribution < -0.4 is 5.32 Å². The summed E-state index contributed by atoms with van der Waals surface area (Å²) < 4.78 is 13.9. The number of carbonyl (C=O) groups excluding carboxylic acids is 1. The Bertz CT molecular complexity index is 421. The molecule has 1 heterocycles. The first-order valence-electron chi connectivity index (χ1n) is 6.05. The van der Waals surface area contributed by atoms with E-state index >= 15 is 0 Å². The standard InChI is InChI=1S/C13H20FN3O/c1-9(2)6-8-17(4)13(18)10-5-7-16-12(15-3)11(10)14/h5,7,9H,6,8H2,1-4H3,(H,15,16). The largest absolute Gasteiger partial charge is 0.371 e. The van der Waals surface area contributed by atoms with Crippen molar-refractivity contribution < 1.29 is 9.18 Å². The molecule has 0 aromatic carbocycles. The zero-order chi connectivity index (χ0) is 13.7. The van der Waals surface area contributed by atoms with Crippen LogP contribution in [0, 0.1) is 11.7 Å². The Morgan fingerprint density at radius 2 is 2.22 bits per heavy atom. The Labute approximate surface area is 107 Å². The molecule has 0 bridgehead atoms. The smallest absolute Gasteiger partial charge is 0.256 e. The van der Waals surface area contributed by atoms with Gasteiger partial charge in [0.2, 0.25) is 0 Å². The Morgan fingerprint density at radius 1 is 1.56 bits per heavy atom. The number of halogens is 1. The Kier molecular flexibility index (Phi) is 5.07. The van der Waals surface area contributed by atoms with Crippen LogP contribution in [-0.2, 0) is 0 Å². The second kappa shape index (κ2) is 6.33. The lowest BCUT2D eigenvalue weighted by Gasteiger charge is -2.19. The van der Waals surface area contributed by atoms with Gasteiger partial charge in [0.25, 0.3) is 5.91 Å². The summed E-state index contributed by atoms with van der Waals surface area (Å²) in [5.41, 5.74) is 0.0561. The highest BCUT2D eigenvalue weighted by Crippen LogP contribution is 2.16. The van der Waals surface area contributed by atoms with E-state index in [4.69, 9.17) is 0 Å². The van der Waals surface area contributed by atoms with E-state index in [1.165, 1.54) is 17.2 Å². The summed E-state index contributed by atoms with van der Waals surface area (Å²) in [6, 6.07) is 1.41. The van der Waals surface area contributed by atoms with E-state index in [0.717, 1.165) is 6.42 Å². The first-order chi connectivity index (χ1) is 8.47. The Morgan fingerprint density at radius 3 is 2.78 bits per heavy atom. The number of amides is 1. The van der Waals surface area contributed by atoms with Gasteiger partial charge in [-0.15, -0.1) is 0 Å². The van der Waals surface area contributed by atoms with Gasteiger partial charge in [-0.3, -0.25) is 4.79 Å². The summed E-state index contributed by atoms with van der Waals surface area (Å²) in [7, 11) is 3.26. The first kappa shape index (κ1) is 14.4. The molecule has 1 aromatic heterocycles. The molecular weight excluding hydrogens is 233 g/mol. The number of nitrogens with one attached hydrogen (secondary N) is 1. The van der Waals surface area contributed by atoms with Gasteiger partial charge < -0.3 is 10.2 Å². The maximum absolute atomic E-state index is 13.9. The molecule has 0 aliphatic heterocycles. The molecule has 0 spiro atoms. The van der Waals surface area contributed by atoms with Crippen molar-refractivity contribution in [1.82, 2.24) is 9.88 Å². The third-order valence-corrected chi connectivity index (χ3v) is 2.74. The highest BCUT2D eigenvalue weighted by atomic mass is 19.1. The zero-order valence-corrected chi connectivity index (χ0v) is 11.3. The Hall–Kier alpha value is -1.65. The summed E-state index contributed by atoms with van der Waals surface area (Å²) in [5.74, 6) is -0.304. The number of anilines is 1. The molecule has 18 heavy (non-hydrogen) atoms. The van der Waals surface area contributed by atoms with E-state index in [2.05, 4.69) is 24.1 Å². The number of aromatic nitrogens is 1. The van der Waals surface area contributed by atoms with Crippen molar-refractivity contribution in [3.8, 4) is 0 Å². The molecule has 0 saturated heterocycles. The maximum Gasteiger partial charge on any atom is 0.256 e. The minimum atomic E-state index is -0.596. The zero-order valence-electron chi connectivity index (χ0n) is 11.3. The Balaban J connectivity index is 2.83. The van der Waals surface area contributed by atoms with Crippen LogP contribution in [0.3, 0.4) is 0 Å². The summed E-state index contributed by atoms with van der Waals surface area (Å²) in [6.07, 6.45) is 2.33. The van der Waals surface area contributed by atoms with Crippen molar-refractivity contribution in [2.24, 2.45) is 5.92 Å². The molecule has 1 rings (SSSR count). The minimum Gasteiger partial charge on any atom is -0.371 e. The van der Waals surface area contributed by atoms with E-state index in [9.17, 15) is 9.18 Å². The molecule has 4 nitrogen and oxygen atoms in total. The molecule has 0 radical (unpaired) electrons. The molecule has 100 valence electrons. The molecule has 0 aliphatic rings. The monoisotopic (exact) mass is 253 g/mol. The lowest BCUT2D eigenvalue weighted by atomic mass is 10.1. The third kappa shape index (κ3) is 3.42. The van der Waals surface area contributed by atoms with Gasteiger partial charge >= 0.3 is 0 Å². The number of hydrogen-bond acceptors (Lipinski definition) is 3. The minimum absolute atomic E-state index is 0.0561. The van der Waals surface area contributed by atoms with E-state index in [1.54, 1.807) is 14.1 Å². The fourth-order valence-electron chi connectivity index (χ4n) is 1.54. The van der Waals surface area contributed by atoms with Gasteiger partial charge in [-0.25, -0.2) is 9.37 Å². The fraction of sp³-hybridized carbons (Fsp3) is 0.538. The van der Waals surface area contributed by atoms with Gasteiger partial charge in [0.15, 0.2) is 11.6 Å². The van der Waals surface area contributed by atoms with Gasteiger partial charge in [-0.05, 0) is 18.4 Å². The van der Waals surface area contributed by atoms with Crippen molar-refractivity contribution >= 4 is 11.7 Å². The van der Waals surface area contributed by atoms with Crippen molar-refractivity contribution in [2.75, 3.05) is 26.0 Å². The van der Waals surface area contributed by atoms with Gasteiger partial charge in [0, 0.05) is 26.8 Å². The lowest BCUT2D eigenvalue weighted by Crippen LogP contribution is -2.29. The van der Waals surface area contributed by atoms with Gasteiger partial charge in [0.05, 0.1) is 5.56 Å². The van der Waals surface area contributed by atoms with Crippen LogP contribution in [0.5, 0.6) is 0 Å². The number of nitrogens with zero attached hydrogens (tertiary/aromatic N) is 2. The summed E-state index contributed by atoms with van der Waals surface area (Å²) >= 11 is 0. The highest BCUT2D eigenvalue weighted by molar-refractivity contribution is 5.95. The molecule has 1 amide bonds. The van der Waals surface area contributed by atoms with E-state index in [1.807, 2.05) is 0 Å². The van der Waals surface area contributed by atoms with E-state index in [0.29, 0.717) is 12.5 Å². The first-order valence-corrected chi connectivity index (χ1v) is 6.05. The molecule has 0 fully saturated rings. The van der Waals surface area contributed by atoms with Crippen LogP contribution in [-0.4, -0.2) is 36.4 Å². The fourth-order valence-corrected chi connectivity index (χ4v) is 1.54. The molecule has 5 heteroatoms. The van der Waals surface area contributed by atoms with Gasteiger partial charge in [-0.2, -0.15) is 0 Å². The summed E-state index contributed by atoms with van der Waals surface area (Å²) in [4.78, 5) is 17.4. The van der Waals surface area contributed by atoms with Crippen LogP contribution in [0.15, 0.2) is 12.3 Å². The lowest BCUT2D eigenvalue weighted by molar-refractivity contribution is 0.0784. The quantitative estimate of drug-likeness (QED) is 0.876. The van der Waals surface area contributed by atoms with E-state index in [-0.39, 0.29) is 17.3 Å². The van der Waals surface area contributed by atoms with E-state index < -0.39 is 5.82 Å². The normalized spacial score (nSPS) is 10.6. The molecule has 1 aromatic rings. The van der Waals surface area contributed by atoms with Crippen LogP contribution >= 0.6 is 0 Å². The topological polar surface area (TPSA) is 45.2 Å². The predicted octanol–water partition coefficient (Wildman–Crippen LogP) is 2.38. The summed E-state index contributed by atoms with van der Waals surface area (Å²) in [5, 5.41) is 2.62. The molecular formula is C13H20FN3O. The van der Waals surface area contributed by atoms with Crippen molar-refractivity contribution in [3.63, 3.8) is 0 Å². The van der Waals surface area contributed by atoms with Crippen LogP contribution in [0.2, 0.25) is 0 Å². The number of rotatable bonds is 5. The maximum atomic E-state index is 13.9. The predicted molar refractivity (Wildman–Crippen MR) is 70.2 cm³/mol. The van der Waals surface area contributed by atoms with Crippen molar-refractivity contribution in [3.05, 3.63) is 23.6 Å². The van der Waals surface area contributed by atoms with Crippen LogP contribution in [0.1, 0.15) is 30.6 Å². The van der Waals surface area contributed by atoms with Crippen molar-refractivity contribution in [1.29, 1.82) is 0 Å². The number of hydrogen-bond donors (Lipinski definition) is 1. The van der Waals surface area contributed by atoms with Gasteiger partial charge in [0.1, 0.15) is 0 Å². The highest BCUT2D eigenvalue weighted by Gasteiger charge is 2.18. The third-order valence-electron chi connectivity index (χ3n) is 2.74.